The number of amides is 3. The molecule has 30 heavy (non-hydrogen) atoms. The largest absolute Gasteiger partial charge is 0.444 e. The van der Waals surface area contributed by atoms with Gasteiger partial charge in [-0.05, 0) is 40.1 Å². The van der Waals surface area contributed by atoms with Crippen molar-refractivity contribution in [3.8, 4) is 11.5 Å². The average molecular weight is 424 g/mol. The Bertz CT molecular complexity index is 1040. The molecule has 0 atom stereocenters. The Labute approximate surface area is 176 Å². The summed E-state index contributed by atoms with van der Waals surface area (Å²) in [5.74, 6) is -0.214. The predicted molar refractivity (Wildman–Crippen MR) is 111 cm³/mol. The Morgan fingerprint density at radius 1 is 1.20 bits per heavy atom. The molecule has 154 valence electrons. The topological polar surface area (TPSA) is 105 Å². The minimum atomic E-state index is -0.329. The number of aromatic nitrogens is 1. The molecule has 3 aromatic rings. The van der Waals surface area contributed by atoms with Gasteiger partial charge in [0.1, 0.15) is 6.26 Å². The highest BCUT2D eigenvalue weighted by atomic mass is 32.1. The third-order valence-electron chi connectivity index (χ3n) is 4.68. The number of hydrogen-bond acceptors (Lipinski definition) is 6. The van der Waals surface area contributed by atoms with Crippen molar-refractivity contribution in [2.75, 3.05) is 19.6 Å². The van der Waals surface area contributed by atoms with E-state index in [0.717, 1.165) is 16.7 Å². The van der Waals surface area contributed by atoms with Crippen molar-refractivity contribution >= 4 is 29.1 Å². The van der Waals surface area contributed by atoms with E-state index in [2.05, 4.69) is 15.6 Å². The second kappa shape index (κ2) is 8.91. The lowest BCUT2D eigenvalue weighted by Crippen LogP contribution is -2.50. The maximum Gasteiger partial charge on any atom is 0.276 e. The molecule has 4 rings (SSSR count). The summed E-state index contributed by atoms with van der Waals surface area (Å²) in [5.41, 5.74) is 2.84. The Balaban J connectivity index is 1.34. The van der Waals surface area contributed by atoms with Crippen LogP contribution in [-0.4, -0.2) is 47.2 Å². The molecule has 3 amide bonds. The number of oxazole rings is 1. The zero-order chi connectivity index (χ0) is 20.9. The fraction of sp³-hybridized carbons (Fsp3) is 0.238. The average Bonchev–Trinajstić information content (AvgIpc) is 3.44. The Morgan fingerprint density at radius 3 is 2.77 bits per heavy atom. The Kier molecular flexibility index (Phi) is 5.89. The van der Waals surface area contributed by atoms with Crippen molar-refractivity contribution in [1.82, 2.24) is 20.5 Å². The van der Waals surface area contributed by atoms with Crippen molar-refractivity contribution in [2.24, 2.45) is 0 Å². The fourth-order valence-corrected chi connectivity index (χ4v) is 3.75. The van der Waals surface area contributed by atoms with Crippen LogP contribution in [-0.2, 0) is 22.6 Å². The van der Waals surface area contributed by atoms with Crippen molar-refractivity contribution in [1.29, 1.82) is 0 Å². The summed E-state index contributed by atoms with van der Waals surface area (Å²) in [5, 5.41) is 9.49. The van der Waals surface area contributed by atoms with Crippen LogP contribution < -0.4 is 10.6 Å². The minimum Gasteiger partial charge on any atom is -0.444 e. The first-order chi connectivity index (χ1) is 14.6. The van der Waals surface area contributed by atoms with Gasteiger partial charge in [-0.3, -0.25) is 14.4 Å². The van der Waals surface area contributed by atoms with Crippen molar-refractivity contribution in [3.05, 3.63) is 64.2 Å². The smallest absolute Gasteiger partial charge is 0.276 e. The molecule has 1 aromatic carbocycles. The van der Waals surface area contributed by atoms with Gasteiger partial charge in [-0.25, -0.2) is 4.98 Å². The van der Waals surface area contributed by atoms with E-state index in [9.17, 15) is 14.4 Å². The van der Waals surface area contributed by atoms with Crippen molar-refractivity contribution < 1.29 is 18.8 Å². The van der Waals surface area contributed by atoms with Gasteiger partial charge in [0.25, 0.3) is 5.91 Å². The monoisotopic (exact) mass is 424 g/mol. The molecular formula is C21H20N4O4S. The van der Waals surface area contributed by atoms with E-state index in [-0.39, 0.29) is 30.0 Å². The fourth-order valence-electron chi connectivity index (χ4n) is 3.09. The molecule has 1 fully saturated rings. The summed E-state index contributed by atoms with van der Waals surface area (Å²) < 4.78 is 5.46. The number of nitrogens with zero attached hydrogens (tertiary/aromatic N) is 2. The standard InChI is InChI=1S/C21H20N4O4S/c26-18(9-15-5-8-30-13-15)23-10-14-1-3-16(4-2-14)20-24-17(12-29-20)21(28)25-7-6-22-19(27)11-25/h1-5,8,12-13H,6-7,9-11H2,(H,22,27)(H,23,26). The van der Waals surface area contributed by atoms with Gasteiger partial charge in [-0.2, -0.15) is 11.3 Å². The predicted octanol–water partition coefficient (Wildman–Crippen LogP) is 1.83. The first-order valence-electron chi connectivity index (χ1n) is 9.47. The highest BCUT2D eigenvalue weighted by Gasteiger charge is 2.24. The maximum absolute atomic E-state index is 12.5. The van der Waals surface area contributed by atoms with Crippen LogP contribution in [0.4, 0.5) is 0 Å². The number of piperazine rings is 1. The number of rotatable bonds is 6. The van der Waals surface area contributed by atoms with Gasteiger partial charge in [0.15, 0.2) is 5.69 Å². The zero-order valence-corrected chi connectivity index (χ0v) is 16.9. The molecule has 0 spiro atoms. The first kappa shape index (κ1) is 19.8. The van der Waals surface area contributed by atoms with Crippen LogP contribution in [0.3, 0.4) is 0 Å². The Morgan fingerprint density at radius 2 is 2.03 bits per heavy atom. The molecule has 9 heteroatoms. The number of thiophene rings is 1. The van der Waals surface area contributed by atoms with E-state index >= 15 is 0 Å². The molecule has 0 unspecified atom stereocenters. The molecule has 0 aliphatic carbocycles. The quantitative estimate of drug-likeness (QED) is 0.628. The molecule has 1 saturated heterocycles. The van der Waals surface area contributed by atoms with Crippen molar-refractivity contribution in [2.45, 2.75) is 13.0 Å². The number of carbonyl (C=O) groups excluding carboxylic acids is 3. The molecule has 0 saturated carbocycles. The highest BCUT2D eigenvalue weighted by Crippen LogP contribution is 2.20. The molecule has 3 heterocycles. The lowest BCUT2D eigenvalue weighted by Gasteiger charge is -2.25. The molecule has 2 N–H and O–H groups in total. The SMILES string of the molecule is O=C(Cc1ccsc1)NCc1ccc(-c2nc(C(=O)N3CCNC(=O)C3)co2)cc1. The molecule has 1 aliphatic heterocycles. The van der Waals surface area contributed by atoms with Crippen LogP contribution in [0, 0.1) is 0 Å². The lowest BCUT2D eigenvalue weighted by molar-refractivity contribution is -0.123. The van der Waals surface area contributed by atoms with E-state index in [4.69, 9.17) is 4.42 Å². The van der Waals surface area contributed by atoms with E-state index in [0.29, 0.717) is 31.9 Å². The van der Waals surface area contributed by atoms with E-state index in [1.165, 1.54) is 11.2 Å². The van der Waals surface area contributed by atoms with Gasteiger partial charge >= 0.3 is 0 Å². The summed E-state index contributed by atoms with van der Waals surface area (Å²) >= 11 is 1.57. The van der Waals surface area contributed by atoms with Gasteiger partial charge < -0.3 is 20.0 Å². The summed E-state index contributed by atoms with van der Waals surface area (Å²) in [7, 11) is 0. The summed E-state index contributed by atoms with van der Waals surface area (Å²) in [6.45, 7) is 1.32. The molecule has 1 aliphatic rings. The molecule has 0 bridgehead atoms. The second-order valence-electron chi connectivity index (χ2n) is 6.90. The number of benzene rings is 1. The second-order valence-corrected chi connectivity index (χ2v) is 7.68. The van der Waals surface area contributed by atoms with E-state index < -0.39 is 0 Å². The summed E-state index contributed by atoms with van der Waals surface area (Å²) in [6.07, 6.45) is 1.68. The number of nitrogens with one attached hydrogen (secondary N) is 2. The maximum atomic E-state index is 12.5. The summed E-state index contributed by atoms with van der Waals surface area (Å²) in [6, 6.07) is 9.35. The minimum absolute atomic E-state index is 0.0217. The van der Waals surface area contributed by atoms with E-state index in [1.807, 2.05) is 41.1 Å². The van der Waals surface area contributed by atoms with Gasteiger partial charge in [0.05, 0.1) is 13.0 Å². The summed E-state index contributed by atoms with van der Waals surface area (Å²) in [4.78, 5) is 41.7. The van der Waals surface area contributed by atoms with Crippen LogP contribution in [0.1, 0.15) is 21.6 Å². The lowest BCUT2D eigenvalue weighted by atomic mass is 10.1. The highest BCUT2D eigenvalue weighted by molar-refractivity contribution is 7.08. The molecule has 0 radical (unpaired) electrons. The van der Waals surface area contributed by atoms with Gasteiger partial charge in [0.2, 0.25) is 17.7 Å². The van der Waals surface area contributed by atoms with Crippen LogP contribution in [0.25, 0.3) is 11.5 Å². The first-order valence-corrected chi connectivity index (χ1v) is 10.4. The van der Waals surface area contributed by atoms with E-state index in [1.54, 1.807) is 11.3 Å². The molecular weight excluding hydrogens is 404 g/mol. The number of hydrogen-bond donors (Lipinski definition) is 2. The van der Waals surface area contributed by atoms with Crippen LogP contribution in [0.5, 0.6) is 0 Å². The van der Waals surface area contributed by atoms with Crippen LogP contribution in [0.2, 0.25) is 0 Å². The molecule has 8 nitrogen and oxygen atoms in total. The van der Waals surface area contributed by atoms with Gasteiger partial charge in [0, 0.05) is 25.2 Å². The van der Waals surface area contributed by atoms with Crippen LogP contribution in [0.15, 0.2) is 51.8 Å². The zero-order valence-electron chi connectivity index (χ0n) is 16.1. The van der Waals surface area contributed by atoms with Gasteiger partial charge in [-0.15, -0.1) is 0 Å². The van der Waals surface area contributed by atoms with Gasteiger partial charge in [-0.1, -0.05) is 12.1 Å². The normalized spacial score (nSPS) is 13.7. The van der Waals surface area contributed by atoms with Crippen molar-refractivity contribution in [3.63, 3.8) is 0 Å². The number of carbonyl (C=O) groups is 3. The Hall–Kier alpha value is -3.46. The third kappa shape index (κ3) is 4.74. The van der Waals surface area contributed by atoms with Crippen LogP contribution >= 0.6 is 11.3 Å². The third-order valence-corrected chi connectivity index (χ3v) is 5.42. The molecule has 2 aromatic heterocycles.